The fraction of sp³-hybridized carbons (Fsp3) is 0.905. The SMILES string of the molecule is CC(C)(CO)CO.CC(C)(CO)CO.CC(CCCCN=C=O)C(C)(C)N=C=O. The maximum absolute atomic E-state index is 10.2. The lowest BCUT2D eigenvalue weighted by Gasteiger charge is -2.25. The number of hydrogen-bond acceptors (Lipinski definition) is 8. The number of rotatable bonds is 11. The van der Waals surface area contributed by atoms with Crippen molar-refractivity contribution in [3.8, 4) is 0 Å². The van der Waals surface area contributed by atoms with E-state index in [9.17, 15) is 9.59 Å². The first-order chi connectivity index (χ1) is 13.3. The van der Waals surface area contributed by atoms with Gasteiger partial charge in [-0.05, 0) is 32.6 Å². The lowest BCUT2D eigenvalue weighted by Crippen LogP contribution is -2.26. The van der Waals surface area contributed by atoms with Gasteiger partial charge < -0.3 is 20.4 Å². The first-order valence-electron chi connectivity index (χ1n) is 9.85. The van der Waals surface area contributed by atoms with Crippen LogP contribution in [0.15, 0.2) is 9.98 Å². The first-order valence-corrected chi connectivity index (χ1v) is 9.85. The Bertz CT molecular complexity index is 465. The van der Waals surface area contributed by atoms with Crippen molar-refractivity contribution in [3.05, 3.63) is 0 Å². The molecule has 0 amide bonds. The molecule has 0 spiro atoms. The minimum Gasteiger partial charge on any atom is -0.396 e. The number of unbranched alkanes of at least 4 members (excludes halogenated alkanes) is 1. The highest BCUT2D eigenvalue weighted by Gasteiger charge is 2.24. The smallest absolute Gasteiger partial charge is 0.235 e. The molecule has 0 fully saturated rings. The number of isocyanates is 2. The summed E-state index contributed by atoms with van der Waals surface area (Å²) < 4.78 is 0. The molecule has 1 atom stereocenters. The Labute approximate surface area is 175 Å². The summed E-state index contributed by atoms with van der Waals surface area (Å²) >= 11 is 0. The van der Waals surface area contributed by atoms with E-state index in [0.717, 1.165) is 19.3 Å². The molecule has 0 saturated carbocycles. The maximum atomic E-state index is 10.2. The minimum atomic E-state index is -0.352. The molecule has 0 bridgehead atoms. The topological polar surface area (TPSA) is 140 Å². The third kappa shape index (κ3) is 21.1. The second kappa shape index (κ2) is 17.5. The molecule has 1 unspecified atom stereocenters. The molecule has 4 N–H and O–H groups in total. The zero-order chi connectivity index (χ0) is 23.6. The predicted molar refractivity (Wildman–Crippen MR) is 114 cm³/mol. The van der Waals surface area contributed by atoms with Gasteiger partial charge in [-0.2, -0.15) is 4.99 Å². The van der Waals surface area contributed by atoms with Gasteiger partial charge in [-0.25, -0.2) is 14.6 Å². The number of aliphatic imine (C=N–C) groups is 2. The van der Waals surface area contributed by atoms with Crippen LogP contribution < -0.4 is 0 Å². The second-order valence-corrected chi connectivity index (χ2v) is 9.19. The highest BCUT2D eigenvalue weighted by Crippen LogP contribution is 2.25. The quantitative estimate of drug-likeness (QED) is 0.230. The lowest BCUT2D eigenvalue weighted by molar-refractivity contribution is 0.0855. The van der Waals surface area contributed by atoms with Crippen LogP contribution in [0, 0.1) is 16.7 Å². The molecular formula is C21H42N2O6. The molecule has 0 aliphatic rings. The van der Waals surface area contributed by atoms with Crippen LogP contribution >= 0.6 is 0 Å². The summed E-state index contributed by atoms with van der Waals surface area (Å²) in [5.74, 6) is 0.319. The Morgan fingerprint density at radius 2 is 1.17 bits per heavy atom. The van der Waals surface area contributed by atoms with Gasteiger partial charge in [0.15, 0.2) is 0 Å². The highest BCUT2D eigenvalue weighted by atomic mass is 16.3. The number of aliphatic hydroxyl groups is 4. The second-order valence-electron chi connectivity index (χ2n) is 9.19. The number of carbonyl (C=O) groups excluding carboxylic acids is 2. The third-order valence-corrected chi connectivity index (χ3v) is 4.47. The third-order valence-electron chi connectivity index (χ3n) is 4.47. The van der Waals surface area contributed by atoms with Crippen LogP contribution in [0.5, 0.6) is 0 Å². The molecule has 29 heavy (non-hydrogen) atoms. The fourth-order valence-corrected chi connectivity index (χ4v) is 1.37. The van der Waals surface area contributed by atoms with E-state index < -0.39 is 0 Å². The Morgan fingerprint density at radius 1 is 0.759 bits per heavy atom. The van der Waals surface area contributed by atoms with Crippen molar-refractivity contribution in [2.75, 3.05) is 33.0 Å². The van der Waals surface area contributed by atoms with Crippen molar-refractivity contribution in [2.45, 2.75) is 73.3 Å². The Balaban J connectivity index is -0.000000402. The van der Waals surface area contributed by atoms with Gasteiger partial charge in [0, 0.05) is 10.8 Å². The normalized spacial score (nSPS) is 12.2. The fourth-order valence-electron chi connectivity index (χ4n) is 1.37. The number of hydrogen-bond donors (Lipinski definition) is 4. The van der Waals surface area contributed by atoms with Crippen molar-refractivity contribution < 1.29 is 30.0 Å². The van der Waals surface area contributed by atoms with E-state index in [1.807, 2.05) is 13.8 Å². The van der Waals surface area contributed by atoms with Gasteiger partial charge >= 0.3 is 0 Å². The molecule has 0 heterocycles. The summed E-state index contributed by atoms with van der Waals surface area (Å²) in [6, 6.07) is 0. The minimum absolute atomic E-state index is 0.0451. The van der Waals surface area contributed by atoms with Crippen molar-refractivity contribution in [3.63, 3.8) is 0 Å². The summed E-state index contributed by atoms with van der Waals surface area (Å²) in [4.78, 5) is 27.2. The van der Waals surface area contributed by atoms with Gasteiger partial charge in [0.25, 0.3) is 0 Å². The van der Waals surface area contributed by atoms with Crippen LogP contribution in [0.4, 0.5) is 0 Å². The standard InChI is InChI=1S/C11H18N2O2.2C5H12O2/c1-10(11(2,3)13-9-15)6-4-5-7-12-8-14;2*1-5(2,3-6)4-7/h10H,4-7H2,1-3H3;2*6-7H,3-4H2,1-2H3. The average molecular weight is 419 g/mol. The van der Waals surface area contributed by atoms with E-state index in [2.05, 4.69) is 16.9 Å². The first kappa shape index (κ1) is 32.3. The maximum Gasteiger partial charge on any atom is 0.235 e. The van der Waals surface area contributed by atoms with E-state index in [4.69, 9.17) is 20.4 Å². The van der Waals surface area contributed by atoms with Crippen LogP contribution in [0.25, 0.3) is 0 Å². The number of nitrogens with zero attached hydrogens (tertiary/aromatic N) is 2. The van der Waals surface area contributed by atoms with Gasteiger partial charge in [0.05, 0.1) is 38.5 Å². The van der Waals surface area contributed by atoms with E-state index in [1.54, 1.807) is 33.8 Å². The Morgan fingerprint density at radius 3 is 1.45 bits per heavy atom. The van der Waals surface area contributed by atoms with Crippen LogP contribution in [-0.2, 0) is 9.59 Å². The van der Waals surface area contributed by atoms with Crippen LogP contribution in [-0.4, -0.2) is 71.1 Å². The van der Waals surface area contributed by atoms with Crippen molar-refractivity contribution in [1.29, 1.82) is 0 Å². The van der Waals surface area contributed by atoms with Gasteiger partial charge in [-0.3, -0.25) is 0 Å². The molecule has 0 aromatic carbocycles. The predicted octanol–water partition coefficient (Wildman–Crippen LogP) is 2.24. The summed E-state index contributed by atoms with van der Waals surface area (Å²) in [6.07, 6.45) is 5.93. The monoisotopic (exact) mass is 418 g/mol. The van der Waals surface area contributed by atoms with Crippen molar-refractivity contribution >= 4 is 12.2 Å². The zero-order valence-corrected chi connectivity index (χ0v) is 19.2. The Hall–Kier alpha value is -1.40. The van der Waals surface area contributed by atoms with Crippen LogP contribution in [0.1, 0.15) is 67.7 Å². The van der Waals surface area contributed by atoms with E-state index in [-0.39, 0.29) is 42.8 Å². The largest absolute Gasteiger partial charge is 0.396 e. The molecule has 0 aliphatic heterocycles. The molecular weight excluding hydrogens is 376 g/mol. The molecule has 0 radical (unpaired) electrons. The van der Waals surface area contributed by atoms with Gasteiger partial charge in [-0.15, -0.1) is 0 Å². The van der Waals surface area contributed by atoms with Crippen LogP contribution in [0.3, 0.4) is 0 Å². The molecule has 8 heteroatoms. The molecule has 0 saturated heterocycles. The van der Waals surface area contributed by atoms with Gasteiger partial charge in [-0.1, -0.05) is 41.0 Å². The summed E-state index contributed by atoms with van der Waals surface area (Å²) in [6.45, 7) is 13.8. The molecule has 172 valence electrons. The highest BCUT2D eigenvalue weighted by molar-refractivity contribution is 5.34. The number of aliphatic hydroxyl groups excluding tert-OH is 4. The summed E-state index contributed by atoms with van der Waals surface area (Å²) in [5.41, 5.74) is -0.963. The summed E-state index contributed by atoms with van der Waals surface area (Å²) in [7, 11) is 0. The van der Waals surface area contributed by atoms with E-state index in [1.165, 1.54) is 6.08 Å². The zero-order valence-electron chi connectivity index (χ0n) is 19.2. The van der Waals surface area contributed by atoms with E-state index in [0.29, 0.717) is 12.5 Å². The molecule has 0 aromatic rings. The summed E-state index contributed by atoms with van der Waals surface area (Å²) in [5, 5.41) is 33.7. The average Bonchev–Trinajstić information content (AvgIpc) is 2.68. The molecule has 0 rings (SSSR count). The molecule has 0 aromatic heterocycles. The Kier molecular flexibility index (Phi) is 19.4. The molecule has 0 aliphatic carbocycles. The lowest BCUT2D eigenvalue weighted by atomic mass is 9.86. The van der Waals surface area contributed by atoms with Crippen LogP contribution in [0.2, 0.25) is 0 Å². The van der Waals surface area contributed by atoms with E-state index >= 15 is 0 Å². The molecule has 8 nitrogen and oxygen atoms in total. The van der Waals surface area contributed by atoms with Crippen molar-refractivity contribution in [2.24, 2.45) is 26.7 Å². The van der Waals surface area contributed by atoms with Crippen molar-refractivity contribution in [1.82, 2.24) is 0 Å². The van der Waals surface area contributed by atoms with Gasteiger partial charge in [0.1, 0.15) is 0 Å². The van der Waals surface area contributed by atoms with Gasteiger partial charge in [0.2, 0.25) is 12.2 Å².